The fourth-order valence-corrected chi connectivity index (χ4v) is 2.76. The molecule has 3 heteroatoms. The number of rotatable bonds is 7. The molecule has 0 amide bonds. The molecule has 1 unspecified atom stereocenters. The molecular weight excluding hydrogens is 241 g/mol. The molecule has 19 heavy (non-hydrogen) atoms. The second-order valence-electron chi connectivity index (χ2n) is 5.50. The fraction of sp³-hybridized carbons (Fsp3) is 0.625. The van der Waals surface area contributed by atoms with Crippen molar-refractivity contribution in [2.45, 2.75) is 50.7 Å². The van der Waals surface area contributed by atoms with Crippen LogP contribution in [0.4, 0.5) is 4.39 Å². The number of hydrogen-bond acceptors (Lipinski definition) is 2. The molecular formula is C16H24FNO. The summed E-state index contributed by atoms with van der Waals surface area (Å²) in [5, 5.41) is 3.56. The molecule has 0 saturated heterocycles. The molecule has 106 valence electrons. The lowest BCUT2D eigenvalue weighted by Crippen LogP contribution is -2.43. The Bertz CT molecular complexity index is 381. The lowest BCUT2D eigenvalue weighted by Gasteiger charge is -2.43. The van der Waals surface area contributed by atoms with Gasteiger partial charge in [0.2, 0.25) is 0 Å². The van der Waals surface area contributed by atoms with E-state index >= 15 is 0 Å². The largest absolute Gasteiger partial charge is 0.378 e. The maximum atomic E-state index is 13.0. The third kappa shape index (κ3) is 3.54. The van der Waals surface area contributed by atoms with Crippen molar-refractivity contribution in [2.75, 3.05) is 13.7 Å². The first kappa shape index (κ1) is 14.5. The average Bonchev–Trinajstić information content (AvgIpc) is 2.39. The lowest BCUT2D eigenvalue weighted by molar-refractivity contribution is -0.0838. The Morgan fingerprint density at radius 3 is 2.47 bits per heavy atom. The quantitative estimate of drug-likeness (QED) is 0.809. The van der Waals surface area contributed by atoms with E-state index < -0.39 is 0 Å². The maximum absolute atomic E-state index is 13.0. The van der Waals surface area contributed by atoms with Gasteiger partial charge in [0.15, 0.2) is 0 Å². The van der Waals surface area contributed by atoms with E-state index in [0.29, 0.717) is 0 Å². The minimum absolute atomic E-state index is 0.0276. The van der Waals surface area contributed by atoms with E-state index in [0.717, 1.165) is 37.8 Å². The van der Waals surface area contributed by atoms with Gasteiger partial charge in [-0.15, -0.1) is 0 Å². The van der Waals surface area contributed by atoms with E-state index in [2.05, 4.69) is 12.2 Å². The second-order valence-corrected chi connectivity index (χ2v) is 5.50. The Labute approximate surface area is 115 Å². The van der Waals surface area contributed by atoms with Crippen molar-refractivity contribution in [1.82, 2.24) is 5.32 Å². The van der Waals surface area contributed by atoms with Crippen molar-refractivity contribution in [3.63, 3.8) is 0 Å². The Morgan fingerprint density at radius 1 is 1.32 bits per heavy atom. The SMILES string of the molecule is CCCNC(CC1(OC)CCC1)c1ccc(F)cc1. The first-order valence-corrected chi connectivity index (χ1v) is 7.23. The molecule has 1 aliphatic rings. The van der Waals surface area contributed by atoms with Gasteiger partial charge in [-0.3, -0.25) is 0 Å². The topological polar surface area (TPSA) is 21.3 Å². The Balaban J connectivity index is 2.08. The highest BCUT2D eigenvalue weighted by Gasteiger charge is 2.39. The molecule has 2 nitrogen and oxygen atoms in total. The standard InChI is InChI=1S/C16H24FNO/c1-3-11-18-15(12-16(19-2)9-4-10-16)13-5-7-14(17)8-6-13/h5-8,15,18H,3-4,9-12H2,1-2H3. The summed E-state index contributed by atoms with van der Waals surface area (Å²) < 4.78 is 18.8. The third-order valence-electron chi connectivity index (χ3n) is 4.19. The molecule has 1 atom stereocenters. The Hall–Kier alpha value is -0.930. The zero-order valence-corrected chi connectivity index (χ0v) is 11.9. The number of ether oxygens (including phenoxy) is 1. The minimum Gasteiger partial charge on any atom is -0.378 e. The smallest absolute Gasteiger partial charge is 0.123 e. The Morgan fingerprint density at radius 2 is 2.00 bits per heavy atom. The molecule has 0 spiro atoms. The number of halogens is 1. The predicted octanol–water partition coefficient (Wildman–Crippen LogP) is 3.83. The van der Waals surface area contributed by atoms with Crippen LogP contribution in [0.5, 0.6) is 0 Å². The van der Waals surface area contributed by atoms with Gasteiger partial charge in [0.05, 0.1) is 5.60 Å². The van der Waals surface area contributed by atoms with Gasteiger partial charge in [0, 0.05) is 13.2 Å². The van der Waals surface area contributed by atoms with Crippen LogP contribution in [0.1, 0.15) is 50.6 Å². The van der Waals surface area contributed by atoms with E-state index in [1.807, 2.05) is 12.1 Å². The van der Waals surface area contributed by atoms with E-state index in [9.17, 15) is 4.39 Å². The highest BCUT2D eigenvalue weighted by molar-refractivity contribution is 5.21. The first-order valence-electron chi connectivity index (χ1n) is 7.23. The summed E-state index contributed by atoms with van der Waals surface area (Å²) in [4.78, 5) is 0. The molecule has 1 aromatic rings. The first-order chi connectivity index (χ1) is 9.19. The third-order valence-corrected chi connectivity index (χ3v) is 4.19. The van der Waals surface area contributed by atoms with Crippen LogP contribution in [-0.2, 0) is 4.74 Å². The van der Waals surface area contributed by atoms with Gasteiger partial charge < -0.3 is 10.1 Å². The molecule has 0 radical (unpaired) electrons. The van der Waals surface area contributed by atoms with Gasteiger partial charge >= 0.3 is 0 Å². The van der Waals surface area contributed by atoms with Crippen molar-refractivity contribution in [1.29, 1.82) is 0 Å². The number of methoxy groups -OCH3 is 1. The monoisotopic (exact) mass is 265 g/mol. The molecule has 1 fully saturated rings. The molecule has 0 bridgehead atoms. The van der Waals surface area contributed by atoms with Crippen LogP contribution < -0.4 is 5.32 Å². The van der Waals surface area contributed by atoms with Crippen LogP contribution in [0, 0.1) is 5.82 Å². The van der Waals surface area contributed by atoms with Crippen LogP contribution in [0.2, 0.25) is 0 Å². The van der Waals surface area contributed by atoms with Crippen LogP contribution >= 0.6 is 0 Å². The molecule has 0 heterocycles. The molecule has 1 saturated carbocycles. The lowest BCUT2D eigenvalue weighted by atomic mass is 9.74. The highest BCUT2D eigenvalue weighted by atomic mass is 19.1. The van der Waals surface area contributed by atoms with E-state index in [-0.39, 0.29) is 17.5 Å². The van der Waals surface area contributed by atoms with Crippen molar-refractivity contribution >= 4 is 0 Å². The zero-order chi connectivity index (χ0) is 13.7. The maximum Gasteiger partial charge on any atom is 0.123 e. The molecule has 2 rings (SSSR count). The van der Waals surface area contributed by atoms with Gasteiger partial charge in [-0.1, -0.05) is 19.1 Å². The van der Waals surface area contributed by atoms with Gasteiger partial charge in [-0.25, -0.2) is 4.39 Å². The van der Waals surface area contributed by atoms with Crippen molar-refractivity contribution in [3.8, 4) is 0 Å². The van der Waals surface area contributed by atoms with Crippen LogP contribution in [0.3, 0.4) is 0 Å². The molecule has 1 aromatic carbocycles. The van der Waals surface area contributed by atoms with E-state index in [1.165, 1.54) is 18.6 Å². The second kappa shape index (κ2) is 6.49. The summed E-state index contributed by atoms with van der Waals surface area (Å²) in [7, 11) is 1.81. The van der Waals surface area contributed by atoms with E-state index in [4.69, 9.17) is 4.74 Å². The molecule has 0 aliphatic heterocycles. The Kier molecular flexibility index (Phi) is 4.94. The summed E-state index contributed by atoms with van der Waals surface area (Å²) in [5.41, 5.74) is 1.18. The summed E-state index contributed by atoms with van der Waals surface area (Å²) in [6.45, 7) is 3.13. The normalized spacial score (nSPS) is 18.9. The zero-order valence-electron chi connectivity index (χ0n) is 11.9. The average molecular weight is 265 g/mol. The molecule has 0 aromatic heterocycles. The molecule has 1 aliphatic carbocycles. The predicted molar refractivity (Wildman–Crippen MR) is 75.6 cm³/mol. The molecule has 1 N–H and O–H groups in total. The fourth-order valence-electron chi connectivity index (χ4n) is 2.76. The van der Waals surface area contributed by atoms with Crippen LogP contribution in [0.15, 0.2) is 24.3 Å². The summed E-state index contributed by atoms with van der Waals surface area (Å²) in [5.74, 6) is -0.178. The van der Waals surface area contributed by atoms with Gasteiger partial charge in [-0.05, 0) is 56.3 Å². The van der Waals surface area contributed by atoms with E-state index in [1.54, 1.807) is 7.11 Å². The number of nitrogens with one attached hydrogen (secondary N) is 1. The van der Waals surface area contributed by atoms with Crippen LogP contribution in [0.25, 0.3) is 0 Å². The summed E-state index contributed by atoms with van der Waals surface area (Å²) in [6.07, 6.45) is 5.58. The van der Waals surface area contributed by atoms with Crippen molar-refractivity contribution in [2.24, 2.45) is 0 Å². The number of hydrogen-bond donors (Lipinski definition) is 1. The summed E-state index contributed by atoms with van der Waals surface area (Å²) in [6, 6.07) is 7.09. The van der Waals surface area contributed by atoms with Crippen molar-refractivity contribution < 1.29 is 9.13 Å². The summed E-state index contributed by atoms with van der Waals surface area (Å²) >= 11 is 0. The van der Waals surface area contributed by atoms with Gasteiger partial charge in [0.1, 0.15) is 5.82 Å². The van der Waals surface area contributed by atoms with Crippen molar-refractivity contribution in [3.05, 3.63) is 35.6 Å². The van der Waals surface area contributed by atoms with Crippen LogP contribution in [-0.4, -0.2) is 19.3 Å². The van der Waals surface area contributed by atoms with Gasteiger partial charge in [0.25, 0.3) is 0 Å². The minimum atomic E-state index is -0.178. The highest BCUT2D eigenvalue weighted by Crippen LogP contribution is 2.41. The van der Waals surface area contributed by atoms with Gasteiger partial charge in [-0.2, -0.15) is 0 Å². The number of benzene rings is 1.